The first-order valence-electron chi connectivity index (χ1n) is 4.66. The number of halogens is 1. The largest absolute Gasteiger partial charge is 0.377 e. The third-order valence-corrected chi connectivity index (χ3v) is 2.02. The number of nitrogens with zero attached hydrogens (tertiary/aromatic N) is 1. The number of rotatable bonds is 5. The predicted molar refractivity (Wildman–Crippen MR) is 61.5 cm³/mol. The van der Waals surface area contributed by atoms with Gasteiger partial charge < -0.3 is 10.1 Å². The first-order valence-corrected chi connectivity index (χ1v) is 5.46. The monoisotopic (exact) mass is 258 g/mol. The van der Waals surface area contributed by atoms with E-state index >= 15 is 0 Å². The molecule has 0 bridgehead atoms. The standard InChI is InChI=1S/C10H15BrN2O/c1-8(2)14-7-6-12-10-5-3-4-9(11)13-10/h3-5,8H,6-7H2,1-2H3,(H,12,13). The van der Waals surface area contributed by atoms with Gasteiger partial charge in [-0.15, -0.1) is 0 Å². The Balaban J connectivity index is 2.25. The number of ether oxygens (including phenoxy) is 1. The molecule has 0 spiro atoms. The summed E-state index contributed by atoms with van der Waals surface area (Å²) in [6.07, 6.45) is 0.285. The summed E-state index contributed by atoms with van der Waals surface area (Å²) in [6.45, 7) is 5.53. The SMILES string of the molecule is CC(C)OCCNc1cccc(Br)n1. The van der Waals surface area contributed by atoms with Gasteiger partial charge in [-0.25, -0.2) is 4.98 Å². The number of aromatic nitrogens is 1. The molecule has 0 aliphatic carbocycles. The zero-order valence-corrected chi connectivity index (χ0v) is 10.0. The van der Waals surface area contributed by atoms with E-state index in [4.69, 9.17) is 4.74 Å². The smallest absolute Gasteiger partial charge is 0.127 e. The van der Waals surface area contributed by atoms with Crippen molar-refractivity contribution in [2.45, 2.75) is 20.0 Å². The fourth-order valence-electron chi connectivity index (χ4n) is 0.980. The summed E-state index contributed by atoms with van der Waals surface area (Å²) >= 11 is 3.31. The first kappa shape index (κ1) is 11.5. The van der Waals surface area contributed by atoms with Gasteiger partial charge in [-0.2, -0.15) is 0 Å². The van der Waals surface area contributed by atoms with Crippen LogP contribution in [0, 0.1) is 0 Å². The molecule has 0 aromatic carbocycles. The molecule has 14 heavy (non-hydrogen) atoms. The second-order valence-electron chi connectivity index (χ2n) is 3.19. The highest BCUT2D eigenvalue weighted by molar-refractivity contribution is 9.10. The number of nitrogens with one attached hydrogen (secondary N) is 1. The Hall–Kier alpha value is -0.610. The highest BCUT2D eigenvalue weighted by Gasteiger charge is 1.95. The lowest BCUT2D eigenvalue weighted by atomic mass is 10.4. The quantitative estimate of drug-likeness (QED) is 0.652. The van der Waals surface area contributed by atoms with Crippen LogP contribution in [0.2, 0.25) is 0 Å². The zero-order valence-electron chi connectivity index (χ0n) is 8.46. The van der Waals surface area contributed by atoms with Crippen LogP contribution in [0.1, 0.15) is 13.8 Å². The Bertz CT molecular complexity index is 279. The molecule has 4 heteroatoms. The van der Waals surface area contributed by atoms with Crippen molar-refractivity contribution in [1.29, 1.82) is 0 Å². The number of hydrogen-bond donors (Lipinski definition) is 1. The predicted octanol–water partition coefficient (Wildman–Crippen LogP) is 2.68. The summed E-state index contributed by atoms with van der Waals surface area (Å²) in [4.78, 5) is 4.24. The molecule has 78 valence electrons. The van der Waals surface area contributed by atoms with Crippen molar-refractivity contribution in [2.75, 3.05) is 18.5 Å². The van der Waals surface area contributed by atoms with Gasteiger partial charge in [-0.1, -0.05) is 6.07 Å². The van der Waals surface area contributed by atoms with Gasteiger partial charge in [0.15, 0.2) is 0 Å². The summed E-state index contributed by atoms with van der Waals surface area (Å²) in [7, 11) is 0. The van der Waals surface area contributed by atoms with Crippen molar-refractivity contribution in [1.82, 2.24) is 4.98 Å². The molecular weight excluding hydrogens is 244 g/mol. The molecule has 1 rings (SSSR count). The fourth-order valence-corrected chi connectivity index (χ4v) is 1.32. The van der Waals surface area contributed by atoms with E-state index in [0.29, 0.717) is 6.61 Å². The Morgan fingerprint density at radius 3 is 2.93 bits per heavy atom. The average molecular weight is 259 g/mol. The lowest BCUT2D eigenvalue weighted by molar-refractivity contribution is 0.0870. The molecule has 0 saturated carbocycles. The first-order chi connectivity index (χ1) is 6.68. The highest BCUT2D eigenvalue weighted by atomic mass is 79.9. The topological polar surface area (TPSA) is 34.1 Å². The minimum absolute atomic E-state index is 0.285. The lowest BCUT2D eigenvalue weighted by Gasteiger charge is -2.08. The summed E-state index contributed by atoms with van der Waals surface area (Å²) in [6, 6.07) is 5.78. The third kappa shape index (κ3) is 4.58. The van der Waals surface area contributed by atoms with Crippen LogP contribution in [0.4, 0.5) is 5.82 Å². The van der Waals surface area contributed by atoms with Gasteiger partial charge in [0.05, 0.1) is 12.7 Å². The van der Waals surface area contributed by atoms with Gasteiger partial charge >= 0.3 is 0 Å². The summed E-state index contributed by atoms with van der Waals surface area (Å²) < 4.78 is 6.23. The van der Waals surface area contributed by atoms with E-state index in [9.17, 15) is 0 Å². The lowest BCUT2D eigenvalue weighted by Crippen LogP contribution is -2.13. The van der Waals surface area contributed by atoms with Gasteiger partial charge in [0.2, 0.25) is 0 Å². The van der Waals surface area contributed by atoms with Crippen LogP contribution in [0.15, 0.2) is 22.8 Å². The van der Waals surface area contributed by atoms with Gasteiger partial charge in [-0.3, -0.25) is 0 Å². The van der Waals surface area contributed by atoms with Gasteiger partial charge in [-0.05, 0) is 41.9 Å². The van der Waals surface area contributed by atoms with E-state index in [1.54, 1.807) is 0 Å². The van der Waals surface area contributed by atoms with E-state index in [1.807, 2.05) is 32.0 Å². The summed E-state index contributed by atoms with van der Waals surface area (Å²) in [5.74, 6) is 0.867. The van der Waals surface area contributed by atoms with Crippen molar-refractivity contribution in [3.05, 3.63) is 22.8 Å². The van der Waals surface area contributed by atoms with Crippen LogP contribution in [0.5, 0.6) is 0 Å². The van der Waals surface area contributed by atoms with E-state index in [-0.39, 0.29) is 6.10 Å². The molecule has 3 nitrogen and oxygen atoms in total. The Morgan fingerprint density at radius 2 is 2.29 bits per heavy atom. The van der Waals surface area contributed by atoms with Crippen molar-refractivity contribution in [3.8, 4) is 0 Å². The van der Waals surface area contributed by atoms with Crippen molar-refractivity contribution < 1.29 is 4.74 Å². The minimum atomic E-state index is 0.285. The second-order valence-corrected chi connectivity index (χ2v) is 4.00. The molecule has 1 heterocycles. The molecule has 0 aliphatic rings. The summed E-state index contributed by atoms with van der Waals surface area (Å²) in [5, 5.41) is 3.17. The molecule has 0 radical (unpaired) electrons. The molecule has 0 atom stereocenters. The maximum atomic E-state index is 5.39. The molecular formula is C10H15BrN2O. The Labute approximate surface area is 93.0 Å². The van der Waals surface area contributed by atoms with Crippen LogP contribution in [0.3, 0.4) is 0 Å². The minimum Gasteiger partial charge on any atom is -0.377 e. The van der Waals surface area contributed by atoms with E-state index in [2.05, 4.69) is 26.2 Å². The molecule has 0 amide bonds. The number of anilines is 1. The molecule has 1 N–H and O–H groups in total. The van der Waals surface area contributed by atoms with Crippen LogP contribution in [-0.4, -0.2) is 24.2 Å². The Morgan fingerprint density at radius 1 is 1.50 bits per heavy atom. The van der Waals surface area contributed by atoms with E-state index < -0.39 is 0 Å². The summed E-state index contributed by atoms with van der Waals surface area (Å²) in [5.41, 5.74) is 0. The molecule has 1 aromatic rings. The second kappa shape index (κ2) is 5.98. The molecule has 0 aliphatic heterocycles. The van der Waals surface area contributed by atoms with Gasteiger partial charge in [0, 0.05) is 6.54 Å². The van der Waals surface area contributed by atoms with Gasteiger partial charge in [0.1, 0.15) is 10.4 Å². The van der Waals surface area contributed by atoms with Crippen LogP contribution in [0.25, 0.3) is 0 Å². The number of pyridine rings is 1. The highest BCUT2D eigenvalue weighted by Crippen LogP contribution is 2.09. The Kier molecular flexibility index (Phi) is 4.90. The van der Waals surface area contributed by atoms with E-state index in [1.165, 1.54) is 0 Å². The molecule has 0 fully saturated rings. The molecule has 0 unspecified atom stereocenters. The van der Waals surface area contributed by atoms with Crippen LogP contribution >= 0.6 is 15.9 Å². The fraction of sp³-hybridized carbons (Fsp3) is 0.500. The average Bonchev–Trinajstić information content (AvgIpc) is 2.12. The van der Waals surface area contributed by atoms with Crippen molar-refractivity contribution in [3.63, 3.8) is 0 Å². The van der Waals surface area contributed by atoms with Crippen LogP contribution in [-0.2, 0) is 4.74 Å². The normalized spacial score (nSPS) is 10.6. The third-order valence-electron chi connectivity index (χ3n) is 1.57. The maximum Gasteiger partial charge on any atom is 0.127 e. The maximum absolute atomic E-state index is 5.39. The molecule has 1 aromatic heterocycles. The van der Waals surface area contributed by atoms with Crippen molar-refractivity contribution in [2.24, 2.45) is 0 Å². The zero-order chi connectivity index (χ0) is 10.4. The van der Waals surface area contributed by atoms with Crippen molar-refractivity contribution >= 4 is 21.7 Å². The van der Waals surface area contributed by atoms with Gasteiger partial charge in [0.25, 0.3) is 0 Å². The molecule has 0 saturated heterocycles. The van der Waals surface area contributed by atoms with Crippen LogP contribution < -0.4 is 5.32 Å². The number of hydrogen-bond acceptors (Lipinski definition) is 3. The van der Waals surface area contributed by atoms with E-state index in [0.717, 1.165) is 17.0 Å².